The molecule has 0 aliphatic rings. The molecular formula is C17H16N4O7. The second kappa shape index (κ2) is 9.07. The Morgan fingerprint density at radius 2 is 1.71 bits per heavy atom. The Labute approximate surface area is 158 Å². The molecule has 0 fully saturated rings. The molecule has 1 N–H and O–H groups in total. The zero-order valence-electron chi connectivity index (χ0n) is 14.9. The van der Waals surface area contributed by atoms with E-state index in [1.807, 2.05) is 0 Å². The largest absolute Gasteiger partial charge is 0.496 e. The molecule has 0 aliphatic heterocycles. The maximum atomic E-state index is 12.0. The highest BCUT2D eigenvalue weighted by Crippen LogP contribution is 2.33. The number of amides is 1. The van der Waals surface area contributed by atoms with Crippen molar-refractivity contribution >= 4 is 23.5 Å². The molecule has 2 aromatic rings. The van der Waals surface area contributed by atoms with E-state index in [4.69, 9.17) is 9.47 Å². The fourth-order valence-corrected chi connectivity index (χ4v) is 2.37. The monoisotopic (exact) mass is 388 g/mol. The first-order valence-corrected chi connectivity index (χ1v) is 7.82. The summed E-state index contributed by atoms with van der Waals surface area (Å²) >= 11 is 0. The van der Waals surface area contributed by atoms with E-state index in [0.717, 1.165) is 0 Å². The predicted molar refractivity (Wildman–Crippen MR) is 98.7 cm³/mol. The summed E-state index contributed by atoms with van der Waals surface area (Å²) in [5.41, 5.74) is 2.23. The van der Waals surface area contributed by atoms with Crippen LogP contribution in [0.3, 0.4) is 0 Å². The van der Waals surface area contributed by atoms with Crippen molar-refractivity contribution in [3.63, 3.8) is 0 Å². The van der Waals surface area contributed by atoms with Crippen molar-refractivity contribution in [2.24, 2.45) is 5.10 Å². The van der Waals surface area contributed by atoms with E-state index >= 15 is 0 Å². The van der Waals surface area contributed by atoms with Gasteiger partial charge >= 0.3 is 5.69 Å². The van der Waals surface area contributed by atoms with Crippen LogP contribution in [0.5, 0.6) is 11.5 Å². The quantitative estimate of drug-likeness (QED) is 0.414. The van der Waals surface area contributed by atoms with Gasteiger partial charge < -0.3 is 9.47 Å². The van der Waals surface area contributed by atoms with E-state index in [9.17, 15) is 25.0 Å². The van der Waals surface area contributed by atoms with Gasteiger partial charge in [0.15, 0.2) is 0 Å². The predicted octanol–water partition coefficient (Wildman–Crippen LogP) is 2.21. The number of nitro benzene ring substituents is 2. The number of carbonyl (C=O) groups excluding carboxylic acids is 1. The summed E-state index contributed by atoms with van der Waals surface area (Å²) in [7, 11) is 2.66. The van der Waals surface area contributed by atoms with E-state index in [1.54, 1.807) is 6.07 Å². The molecule has 11 heteroatoms. The van der Waals surface area contributed by atoms with Gasteiger partial charge in [-0.05, 0) is 0 Å². The number of methoxy groups -OCH3 is 2. The van der Waals surface area contributed by atoms with E-state index < -0.39 is 15.8 Å². The minimum Gasteiger partial charge on any atom is -0.496 e. The lowest BCUT2D eigenvalue weighted by atomic mass is 10.1. The third kappa shape index (κ3) is 4.78. The minimum atomic E-state index is -0.622. The number of benzene rings is 2. The molecule has 2 aromatic carbocycles. The van der Waals surface area contributed by atoms with E-state index in [1.165, 1.54) is 50.8 Å². The first kappa shape index (κ1) is 20.3. The maximum Gasteiger partial charge on any atom is 0.311 e. The normalized spacial score (nSPS) is 10.5. The molecule has 0 radical (unpaired) electrons. The van der Waals surface area contributed by atoms with Crippen molar-refractivity contribution in [3.05, 3.63) is 67.8 Å². The first-order chi connectivity index (χ1) is 13.4. The molecule has 0 atom stereocenters. The van der Waals surface area contributed by atoms with Crippen LogP contribution in [0, 0.1) is 20.2 Å². The van der Waals surface area contributed by atoms with Crippen molar-refractivity contribution in [3.8, 4) is 11.5 Å². The first-order valence-electron chi connectivity index (χ1n) is 7.82. The summed E-state index contributed by atoms with van der Waals surface area (Å²) in [6, 6.07) is 8.37. The van der Waals surface area contributed by atoms with Crippen LogP contribution in [0.4, 0.5) is 11.4 Å². The van der Waals surface area contributed by atoms with Gasteiger partial charge in [-0.3, -0.25) is 25.0 Å². The molecule has 0 spiro atoms. The van der Waals surface area contributed by atoms with Crippen molar-refractivity contribution in [1.82, 2.24) is 5.43 Å². The minimum absolute atomic E-state index is 0.0134. The smallest absolute Gasteiger partial charge is 0.311 e. The Morgan fingerprint density at radius 3 is 2.32 bits per heavy atom. The van der Waals surface area contributed by atoms with Crippen molar-refractivity contribution in [2.45, 2.75) is 6.42 Å². The van der Waals surface area contributed by atoms with Gasteiger partial charge in [0.05, 0.1) is 36.7 Å². The third-order valence-electron chi connectivity index (χ3n) is 3.66. The highest BCUT2D eigenvalue weighted by atomic mass is 16.6. The third-order valence-corrected chi connectivity index (χ3v) is 3.66. The zero-order valence-corrected chi connectivity index (χ0v) is 14.9. The molecule has 146 valence electrons. The van der Waals surface area contributed by atoms with Crippen LogP contribution in [0.2, 0.25) is 0 Å². The summed E-state index contributed by atoms with van der Waals surface area (Å²) in [6.07, 6.45) is 0.914. The standard InChI is InChI=1S/C17H16N4O7/c1-27-15-9-16(28-2)14(21(25)26)7-12(15)10-18-19-17(22)8-11-5-3-4-6-13(11)20(23)24/h3-7,9-10H,8H2,1-2H3,(H,19,22). The topological polar surface area (TPSA) is 146 Å². The molecular weight excluding hydrogens is 372 g/mol. The van der Waals surface area contributed by atoms with Gasteiger partial charge in [0, 0.05) is 29.3 Å². The number of hydrogen-bond donors (Lipinski definition) is 1. The Kier molecular flexibility index (Phi) is 6.58. The molecule has 2 rings (SSSR count). The van der Waals surface area contributed by atoms with Crippen LogP contribution in [-0.4, -0.2) is 36.2 Å². The number of para-hydroxylation sites is 1. The number of hydrogen-bond acceptors (Lipinski definition) is 8. The summed E-state index contributed by atoms with van der Waals surface area (Å²) in [4.78, 5) is 32.9. The second-order valence-corrected chi connectivity index (χ2v) is 5.38. The number of nitrogens with zero attached hydrogens (tertiary/aromatic N) is 3. The lowest BCUT2D eigenvalue weighted by molar-refractivity contribution is -0.385. The van der Waals surface area contributed by atoms with Gasteiger partial charge in [-0.1, -0.05) is 18.2 Å². The average molecular weight is 388 g/mol. The van der Waals surface area contributed by atoms with Crippen LogP contribution in [0.25, 0.3) is 0 Å². The van der Waals surface area contributed by atoms with Crippen LogP contribution < -0.4 is 14.9 Å². The number of hydrazone groups is 1. The molecule has 0 saturated heterocycles. The lowest BCUT2D eigenvalue weighted by Crippen LogP contribution is -2.20. The SMILES string of the molecule is COc1cc(OC)c([N+](=O)[O-])cc1C=NNC(=O)Cc1ccccc1[N+](=O)[O-]. The van der Waals surface area contributed by atoms with Gasteiger partial charge in [-0.15, -0.1) is 0 Å². The molecule has 11 nitrogen and oxygen atoms in total. The molecule has 0 bridgehead atoms. The van der Waals surface area contributed by atoms with Gasteiger partial charge in [0.25, 0.3) is 5.69 Å². The number of ether oxygens (including phenoxy) is 2. The Balaban J connectivity index is 2.16. The fourth-order valence-electron chi connectivity index (χ4n) is 2.37. The highest BCUT2D eigenvalue weighted by Gasteiger charge is 2.19. The second-order valence-electron chi connectivity index (χ2n) is 5.38. The molecule has 28 heavy (non-hydrogen) atoms. The van der Waals surface area contributed by atoms with Crippen molar-refractivity contribution < 1.29 is 24.1 Å². The van der Waals surface area contributed by atoms with Crippen LogP contribution in [0.15, 0.2) is 41.5 Å². The maximum absolute atomic E-state index is 12.0. The molecule has 1 amide bonds. The van der Waals surface area contributed by atoms with Gasteiger partial charge in [0.1, 0.15) is 5.75 Å². The van der Waals surface area contributed by atoms with E-state index in [2.05, 4.69) is 10.5 Å². The Morgan fingerprint density at radius 1 is 1.07 bits per heavy atom. The molecule has 0 aliphatic carbocycles. The lowest BCUT2D eigenvalue weighted by Gasteiger charge is -2.08. The molecule has 0 heterocycles. The number of nitrogens with one attached hydrogen (secondary N) is 1. The van der Waals surface area contributed by atoms with E-state index in [-0.39, 0.29) is 40.4 Å². The Hall–Kier alpha value is -4.02. The number of nitro groups is 2. The van der Waals surface area contributed by atoms with Crippen LogP contribution in [-0.2, 0) is 11.2 Å². The molecule has 0 unspecified atom stereocenters. The van der Waals surface area contributed by atoms with Gasteiger partial charge in [0.2, 0.25) is 11.7 Å². The molecule has 0 saturated carbocycles. The summed E-state index contributed by atoms with van der Waals surface area (Å²) in [5, 5.41) is 25.8. The average Bonchev–Trinajstić information content (AvgIpc) is 2.67. The van der Waals surface area contributed by atoms with Crippen LogP contribution >= 0.6 is 0 Å². The summed E-state index contributed by atoms with van der Waals surface area (Å²) in [6.45, 7) is 0. The number of carbonyl (C=O) groups is 1. The zero-order chi connectivity index (χ0) is 20.7. The fraction of sp³-hybridized carbons (Fsp3) is 0.176. The molecule has 0 aromatic heterocycles. The Bertz CT molecular complexity index is 943. The summed E-state index contributed by atoms with van der Waals surface area (Å²) < 4.78 is 10.1. The van der Waals surface area contributed by atoms with E-state index in [0.29, 0.717) is 0 Å². The number of rotatable bonds is 8. The summed E-state index contributed by atoms with van der Waals surface area (Å²) in [5.74, 6) is -0.328. The van der Waals surface area contributed by atoms with Gasteiger partial charge in [-0.2, -0.15) is 5.10 Å². The van der Waals surface area contributed by atoms with Crippen molar-refractivity contribution in [1.29, 1.82) is 0 Å². The van der Waals surface area contributed by atoms with Crippen LogP contribution in [0.1, 0.15) is 11.1 Å². The van der Waals surface area contributed by atoms with Crippen molar-refractivity contribution in [2.75, 3.05) is 14.2 Å². The highest BCUT2D eigenvalue weighted by molar-refractivity contribution is 5.87. The van der Waals surface area contributed by atoms with Gasteiger partial charge in [-0.25, -0.2) is 5.43 Å².